The molecule has 2 saturated heterocycles. The third-order valence-corrected chi connectivity index (χ3v) is 6.34. The number of nitrogens with one attached hydrogen (secondary N) is 1. The average molecular weight is 370 g/mol. The Morgan fingerprint density at radius 3 is 2.50 bits per heavy atom. The number of nitrogens with zero attached hydrogens (tertiary/aromatic N) is 2. The number of thioether (sulfide) groups is 1. The monoisotopic (exact) mass is 369 g/mol. The fourth-order valence-corrected chi connectivity index (χ4v) is 4.86. The molecule has 3 rings (SSSR count). The highest BCUT2D eigenvalue weighted by atomic mass is 35.5. The van der Waals surface area contributed by atoms with Crippen molar-refractivity contribution in [3.05, 3.63) is 29.8 Å². The maximum Gasteiger partial charge on any atom is 0.232 e. The fraction of sp³-hybridized carbons (Fsp3) is 0.611. The molecule has 134 valence electrons. The van der Waals surface area contributed by atoms with E-state index < -0.39 is 0 Å². The van der Waals surface area contributed by atoms with Crippen LogP contribution in [0.4, 0.5) is 5.69 Å². The normalized spacial score (nSPS) is 24.6. The molecule has 0 aliphatic carbocycles. The van der Waals surface area contributed by atoms with Gasteiger partial charge in [0, 0.05) is 31.9 Å². The summed E-state index contributed by atoms with van der Waals surface area (Å²) < 4.78 is 0. The van der Waals surface area contributed by atoms with Crippen molar-refractivity contribution in [3.8, 4) is 0 Å². The third kappa shape index (κ3) is 4.01. The number of para-hydroxylation sites is 1. The van der Waals surface area contributed by atoms with Crippen molar-refractivity contribution in [2.75, 3.05) is 36.8 Å². The van der Waals surface area contributed by atoms with Crippen molar-refractivity contribution in [1.82, 2.24) is 10.2 Å². The van der Waals surface area contributed by atoms with E-state index in [1.807, 2.05) is 0 Å². The zero-order valence-corrected chi connectivity index (χ0v) is 16.2. The summed E-state index contributed by atoms with van der Waals surface area (Å²) in [5, 5.41) is 3.27. The van der Waals surface area contributed by atoms with Crippen LogP contribution < -0.4 is 10.2 Å². The maximum absolute atomic E-state index is 11.8. The van der Waals surface area contributed by atoms with Gasteiger partial charge in [-0.25, -0.2) is 0 Å². The Bertz CT molecular complexity index is 563. The van der Waals surface area contributed by atoms with Gasteiger partial charge in [0.1, 0.15) is 4.99 Å². The van der Waals surface area contributed by atoms with Crippen molar-refractivity contribution < 1.29 is 4.79 Å². The Labute approximate surface area is 155 Å². The number of amides is 1. The molecule has 1 aromatic carbocycles. The van der Waals surface area contributed by atoms with Crippen molar-refractivity contribution in [2.24, 2.45) is 0 Å². The number of hydrogen-bond acceptors (Lipinski definition) is 4. The largest absolute Gasteiger partial charge is 0.369 e. The molecule has 0 aromatic heterocycles. The number of carbonyl (C=O) groups excluding carboxylic acids is 1. The number of hydrogen-bond donors (Lipinski definition) is 1. The molecular weight excluding hydrogens is 342 g/mol. The molecule has 4 nitrogen and oxygen atoms in total. The first-order valence-corrected chi connectivity index (χ1v) is 9.64. The van der Waals surface area contributed by atoms with Gasteiger partial charge in [0.2, 0.25) is 5.91 Å². The van der Waals surface area contributed by atoms with Gasteiger partial charge in [-0.15, -0.1) is 24.2 Å². The van der Waals surface area contributed by atoms with Crippen LogP contribution in [0.1, 0.15) is 31.7 Å². The van der Waals surface area contributed by atoms with Crippen LogP contribution in [0.15, 0.2) is 24.3 Å². The topological polar surface area (TPSA) is 35.6 Å². The number of unbranched alkanes of at least 4 members (excludes halogenated alkanes) is 1. The van der Waals surface area contributed by atoms with Crippen LogP contribution in [-0.4, -0.2) is 47.7 Å². The van der Waals surface area contributed by atoms with E-state index in [1.54, 1.807) is 11.8 Å². The lowest BCUT2D eigenvalue weighted by Crippen LogP contribution is -2.60. The number of aryl methyl sites for hydroxylation is 1. The standard InChI is InChI=1S/C18H27N3OS.ClH/c1-3-4-9-18(19-17(22)14-23-18)21-12-10-20(11-13-21)16-8-6-5-7-15(16)2;/h5-8H,3-4,9-14H2,1-2H3,(H,19,22);1H. The average Bonchev–Trinajstić information content (AvgIpc) is 2.96. The van der Waals surface area contributed by atoms with Gasteiger partial charge in [-0.2, -0.15) is 0 Å². The second-order valence-electron chi connectivity index (χ2n) is 6.49. The summed E-state index contributed by atoms with van der Waals surface area (Å²) in [6, 6.07) is 8.60. The Morgan fingerprint density at radius 1 is 1.21 bits per heavy atom. The van der Waals surface area contributed by atoms with E-state index in [-0.39, 0.29) is 23.3 Å². The lowest BCUT2D eigenvalue weighted by molar-refractivity contribution is -0.120. The van der Waals surface area contributed by atoms with Crippen LogP contribution in [0, 0.1) is 6.92 Å². The first-order chi connectivity index (χ1) is 11.1. The molecule has 24 heavy (non-hydrogen) atoms. The molecule has 0 spiro atoms. The summed E-state index contributed by atoms with van der Waals surface area (Å²) >= 11 is 1.79. The molecule has 1 atom stereocenters. The molecule has 2 fully saturated rings. The number of halogens is 1. The molecule has 1 aromatic rings. The minimum Gasteiger partial charge on any atom is -0.369 e. The van der Waals surface area contributed by atoms with Crippen LogP contribution >= 0.6 is 24.2 Å². The van der Waals surface area contributed by atoms with E-state index in [0.717, 1.165) is 39.0 Å². The maximum atomic E-state index is 11.8. The van der Waals surface area contributed by atoms with Crippen molar-refractivity contribution in [2.45, 2.75) is 38.1 Å². The quantitative estimate of drug-likeness (QED) is 0.864. The van der Waals surface area contributed by atoms with Gasteiger partial charge in [0.05, 0.1) is 5.75 Å². The molecule has 1 N–H and O–H groups in total. The molecule has 0 bridgehead atoms. The minimum atomic E-state index is -0.162. The summed E-state index contributed by atoms with van der Waals surface area (Å²) in [4.78, 5) is 16.6. The summed E-state index contributed by atoms with van der Waals surface area (Å²) in [5.74, 6) is 0.786. The van der Waals surface area contributed by atoms with E-state index in [2.05, 4.69) is 53.2 Å². The van der Waals surface area contributed by atoms with Gasteiger partial charge < -0.3 is 10.2 Å². The van der Waals surface area contributed by atoms with E-state index in [1.165, 1.54) is 17.7 Å². The molecule has 2 heterocycles. The third-order valence-electron chi connectivity index (χ3n) is 4.89. The van der Waals surface area contributed by atoms with E-state index in [4.69, 9.17) is 0 Å². The molecule has 1 unspecified atom stereocenters. The predicted octanol–water partition coefficient (Wildman–Crippen LogP) is 3.25. The second kappa shape index (κ2) is 8.45. The van der Waals surface area contributed by atoms with Gasteiger partial charge in [0.25, 0.3) is 0 Å². The SMILES string of the molecule is CCCCC1(N2CCN(c3ccccc3C)CC2)NC(=O)CS1.Cl. The van der Waals surface area contributed by atoms with Crippen molar-refractivity contribution >= 4 is 35.8 Å². The zero-order chi connectivity index (χ0) is 16.3. The van der Waals surface area contributed by atoms with E-state index >= 15 is 0 Å². The Kier molecular flexibility index (Phi) is 6.84. The highest BCUT2D eigenvalue weighted by molar-refractivity contribution is 8.01. The number of carbonyl (C=O) groups is 1. The predicted molar refractivity (Wildman–Crippen MR) is 105 cm³/mol. The zero-order valence-electron chi connectivity index (χ0n) is 14.6. The molecule has 0 saturated carbocycles. The lowest BCUT2D eigenvalue weighted by atomic mass is 10.1. The highest BCUT2D eigenvalue weighted by Crippen LogP contribution is 2.37. The fourth-order valence-electron chi connectivity index (χ4n) is 3.58. The first kappa shape index (κ1) is 19.4. The van der Waals surface area contributed by atoms with Gasteiger partial charge >= 0.3 is 0 Å². The molecule has 1 amide bonds. The van der Waals surface area contributed by atoms with Crippen LogP contribution in [0.5, 0.6) is 0 Å². The smallest absolute Gasteiger partial charge is 0.232 e. The molecule has 2 aliphatic heterocycles. The highest BCUT2D eigenvalue weighted by Gasteiger charge is 2.44. The molecule has 2 aliphatic rings. The minimum absolute atomic E-state index is 0. The van der Waals surface area contributed by atoms with Crippen LogP contribution in [0.2, 0.25) is 0 Å². The lowest BCUT2D eigenvalue weighted by Gasteiger charge is -2.45. The van der Waals surface area contributed by atoms with E-state index in [9.17, 15) is 4.79 Å². The molecule has 0 radical (unpaired) electrons. The van der Waals surface area contributed by atoms with Gasteiger partial charge in [-0.3, -0.25) is 9.69 Å². The number of rotatable bonds is 5. The first-order valence-electron chi connectivity index (χ1n) is 8.65. The van der Waals surface area contributed by atoms with Crippen molar-refractivity contribution in [1.29, 1.82) is 0 Å². The Balaban J connectivity index is 0.00000208. The molecular formula is C18H28ClN3OS. The van der Waals surface area contributed by atoms with Gasteiger partial charge in [0.15, 0.2) is 0 Å². The van der Waals surface area contributed by atoms with Gasteiger partial charge in [-0.1, -0.05) is 31.5 Å². The van der Waals surface area contributed by atoms with E-state index in [0.29, 0.717) is 5.75 Å². The van der Waals surface area contributed by atoms with Crippen LogP contribution in [-0.2, 0) is 4.79 Å². The second-order valence-corrected chi connectivity index (χ2v) is 7.74. The summed E-state index contributed by atoms with van der Waals surface area (Å²) in [6.07, 6.45) is 3.37. The Morgan fingerprint density at radius 2 is 1.92 bits per heavy atom. The summed E-state index contributed by atoms with van der Waals surface area (Å²) in [7, 11) is 0. The number of benzene rings is 1. The van der Waals surface area contributed by atoms with Crippen molar-refractivity contribution in [3.63, 3.8) is 0 Å². The van der Waals surface area contributed by atoms with Gasteiger partial charge in [-0.05, 0) is 31.4 Å². The number of anilines is 1. The van der Waals surface area contributed by atoms with Crippen LogP contribution in [0.25, 0.3) is 0 Å². The number of piperazine rings is 1. The Hall–Kier alpha value is -0.910. The summed E-state index contributed by atoms with van der Waals surface area (Å²) in [6.45, 7) is 8.45. The summed E-state index contributed by atoms with van der Waals surface area (Å²) in [5.41, 5.74) is 2.68. The van der Waals surface area contributed by atoms with Crippen LogP contribution in [0.3, 0.4) is 0 Å². The molecule has 6 heteroatoms.